The van der Waals surface area contributed by atoms with Crippen LogP contribution >= 0.6 is 0 Å². The molecule has 0 bridgehead atoms. The molecule has 0 spiro atoms. The van der Waals surface area contributed by atoms with Gasteiger partial charge >= 0.3 is 19.5 Å². The summed E-state index contributed by atoms with van der Waals surface area (Å²) >= 11 is 0. The zero-order valence-corrected chi connectivity index (χ0v) is 8.69. The van der Waals surface area contributed by atoms with E-state index in [2.05, 4.69) is 0 Å². The fourth-order valence-corrected chi connectivity index (χ4v) is 0. The van der Waals surface area contributed by atoms with Crippen molar-refractivity contribution >= 4 is 10.4 Å². The van der Waals surface area contributed by atoms with Crippen LogP contribution in [0.2, 0.25) is 0 Å². The largest absolute Gasteiger partial charge is 2.00 e. The van der Waals surface area contributed by atoms with Gasteiger partial charge in [0.25, 0.3) is 0 Å². The molecule has 0 fully saturated rings. The van der Waals surface area contributed by atoms with E-state index in [1.165, 1.54) is 0 Å². The molecule has 0 aromatic heterocycles. The van der Waals surface area contributed by atoms with Crippen LogP contribution in [0.1, 0.15) is 6.92 Å². The summed E-state index contributed by atoms with van der Waals surface area (Å²) in [6, 6.07) is 0. The maximum Gasteiger partial charge on any atom is 2.00 e. The average molecular weight is 208 g/mol. The minimum atomic E-state index is -5.17. The minimum Gasteiger partial charge on any atom is -0.759 e. The van der Waals surface area contributed by atoms with E-state index < -0.39 is 10.4 Å². The van der Waals surface area contributed by atoms with E-state index in [-0.39, 0.29) is 26.1 Å². The van der Waals surface area contributed by atoms with Crippen molar-refractivity contribution in [1.29, 1.82) is 0 Å². The van der Waals surface area contributed by atoms with Crippen molar-refractivity contribution < 1.29 is 42.1 Å². The zero-order valence-electron chi connectivity index (χ0n) is 4.90. The molecule has 0 aromatic rings. The smallest absolute Gasteiger partial charge is 0.759 e. The molecule has 0 aromatic carbocycles. The quantitative estimate of drug-likeness (QED) is 0.301. The first-order valence-corrected chi connectivity index (χ1v) is 3.02. The molecule has 0 aliphatic carbocycles. The summed E-state index contributed by atoms with van der Waals surface area (Å²) in [4.78, 5) is 0. The van der Waals surface area contributed by atoms with Gasteiger partial charge in [0.15, 0.2) is 0 Å². The second-order valence-corrected chi connectivity index (χ2v) is 1.54. The van der Waals surface area contributed by atoms with E-state index in [0.717, 1.165) is 0 Å². The van der Waals surface area contributed by atoms with Gasteiger partial charge in [-0.05, 0) is 6.92 Å². The average Bonchev–Trinajstić information content (AvgIpc) is 1.27. The monoisotopic (exact) mass is 206 g/mol. The third kappa shape index (κ3) is 1710. The van der Waals surface area contributed by atoms with Crippen LogP contribution in [0.3, 0.4) is 0 Å². The Bertz CT molecular complexity index is 109. The van der Waals surface area contributed by atoms with Gasteiger partial charge < -0.3 is 14.2 Å². The molecule has 0 saturated carbocycles. The first-order valence-electron chi connectivity index (χ1n) is 1.69. The molecule has 0 aliphatic heterocycles. The van der Waals surface area contributed by atoms with Gasteiger partial charge in [-0.15, -0.1) is 0 Å². The number of hydrogen-bond acceptors (Lipinski definition) is 5. The summed E-state index contributed by atoms with van der Waals surface area (Å²) in [6.45, 7) is 1.93. The Morgan fingerprint density at radius 1 is 1.44 bits per heavy atom. The molecule has 0 amide bonds. The van der Waals surface area contributed by atoms with Gasteiger partial charge in [-0.3, -0.25) is 8.42 Å². The van der Waals surface area contributed by atoms with E-state index >= 15 is 0 Å². The minimum absolute atomic E-state index is 0. The number of aliphatic hydroxyl groups excluding tert-OH is 1. The second-order valence-electron chi connectivity index (χ2n) is 0.724. The van der Waals surface area contributed by atoms with Gasteiger partial charge in [-0.25, -0.2) is 0 Å². The standard InChI is InChI=1S/C2H6O.H2O4S.Zn/c1-2-3;1-5(2,3)4;/h3H,2H2,1H3;(H2,1,2,3,4);/q;;+2/p-2. The molecule has 0 saturated heterocycles. The Kier molecular flexibility index (Phi) is 15.2. The van der Waals surface area contributed by atoms with E-state index in [4.69, 9.17) is 22.6 Å². The number of hydrogen-bond donors (Lipinski definition) is 1. The van der Waals surface area contributed by atoms with Gasteiger partial charge in [-0.1, -0.05) is 0 Å². The van der Waals surface area contributed by atoms with E-state index in [1.54, 1.807) is 6.92 Å². The Hall–Kier alpha value is 0.453. The first kappa shape index (κ1) is 16.2. The second kappa shape index (κ2) is 8.45. The Morgan fingerprint density at radius 3 is 1.44 bits per heavy atom. The molecule has 7 heteroatoms. The van der Waals surface area contributed by atoms with Gasteiger partial charge in [-0.2, -0.15) is 0 Å². The predicted molar refractivity (Wildman–Crippen MR) is 23.2 cm³/mol. The zero-order chi connectivity index (χ0) is 7.21. The molecule has 0 radical (unpaired) electrons. The summed E-state index contributed by atoms with van der Waals surface area (Å²) in [5.41, 5.74) is 0. The predicted octanol–water partition coefficient (Wildman–Crippen LogP) is -1.34. The van der Waals surface area contributed by atoms with Gasteiger partial charge in [0.1, 0.15) is 0 Å². The van der Waals surface area contributed by atoms with Gasteiger partial charge in [0, 0.05) is 17.0 Å². The Balaban J connectivity index is -0.0000000800. The van der Waals surface area contributed by atoms with E-state index in [9.17, 15) is 0 Å². The summed E-state index contributed by atoms with van der Waals surface area (Å²) in [6.07, 6.45) is 0. The Morgan fingerprint density at radius 2 is 1.44 bits per heavy atom. The van der Waals surface area contributed by atoms with Crippen molar-refractivity contribution in [2.24, 2.45) is 0 Å². The first-order chi connectivity index (χ1) is 3.41. The third-order valence-electron chi connectivity index (χ3n) is 0. The number of aliphatic hydroxyl groups is 1. The van der Waals surface area contributed by atoms with Crippen LogP contribution in [0.15, 0.2) is 0 Å². The van der Waals surface area contributed by atoms with E-state index in [1.807, 2.05) is 0 Å². The molecular weight excluding hydrogens is 201 g/mol. The molecule has 1 N–H and O–H groups in total. The third-order valence-corrected chi connectivity index (χ3v) is 0. The van der Waals surface area contributed by atoms with Crippen LogP contribution in [-0.2, 0) is 29.9 Å². The fraction of sp³-hybridized carbons (Fsp3) is 1.00. The topological polar surface area (TPSA) is 100 Å². The van der Waals surface area contributed by atoms with Gasteiger partial charge in [0.05, 0.1) is 0 Å². The molecule has 52 valence electrons. The van der Waals surface area contributed by atoms with Crippen molar-refractivity contribution in [3.63, 3.8) is 0 Å². The fourth-order valence-electron chi connectivity index (χ4n) is 0. The van der Waals surface area contributed by atoms with Crippen molar-refractivity contribution in [1.82, 2.24) is 0 Å². The maximum absolute atomic E-state index is 8.52. The van der Waals surface area contributed by atoms with Crippen LogP contribution in [0.25, 0.3) is 0 Å². The summed E-state index contributed by atoms with van der Waals surface area (Å²) < 4.78 is 34.1. The van der Waals surface area contributed by atoms with Crippen molar-refractivity contribution in [2.75, 3.05) is 6.61 Å². The van der Waals surface area contributed by atoms with E-state index in [0.29, 0.717) is 0 Å². The molecule has 0 rings (SSSR count). The van der Waals surface area contributed by atoms with Gasteiger partial charge in [0.2, 0.25) is 0 Å². The van der Waals surface area contributed by atoms with Crippen LogP contribution in [-0.4, -0.2) is 29.2 Å². The maximum atomic E-state index is 8.52. The summed E-state index contributed by atoms with van der Waals surface area (Å²) in [5, 5.41) is 7.57. The summed E-state index contributed by atoms with van der Waals surface area (Å²) in [7, 11) is -5.17. The molecule has 5 nitrogen and oxygen atoms in total. The van der Waals surface area contributed by atoms with Crippen LogP contribution < -0.4 is 0 Å². The summed E-state index contributed by atoms with van der Waals surface area (Å²) in [5.74, 6) is 0. The number of rotatable bonds is 0. The van der Waals surface area contributed by atoms with Crippen molar-refractivity contribution in [3.8, 4) is 0 Å². The SMILES string of the molecule is CCO.O=S(=O)([O-])[O-].[Zn+2]. The molecule has 0 aliphatic rings. The molecule has 9 heavy (non-hydrogen) atoms. The molecule has 0 atom stereocenters. The van der Waals surface area contributed by atoms with Crippen LogP contribution in [0.4, 0.5) is 0 Å². The molecular formula is C2H6O5SZn. The van der Waals surface area contributed by atoms with Crippen LogP contribution in [0.5, 0.6) is 0 Å². The molecule has 0 heterocycles. The van der Waals surface area contributed by atoms with Crippen molar-refractivity contribution in [3.05, 3.63) is 0 Å². The van der Waals surface area contributed by atoms with Crippen molar-refractivity contribution in [2.45, 2.75) is 6.92 Å². The normalized spacial score (nSPS) is 8.44. The Labute approximate surface area is 66.4 Å². The molecule has 0 unspecified atom stereocenters. The van der Waals surface area contributed by atoms with Crippen LogP contribution in [0, 0.1) is 0 Å².